The van der Waals surface area contributed by atoms with Gasteiger partial charge in [-0.3, -0.25) is 0 Å². The average Bonchev–Trinajstić information content (AvgIpc) is 3.23. The van der Waals surface area contributed by atoms with E-state index in [2.05, 4.69) is 27.3 Å². The Kier molecular flexibility index (Phi) is 4.43. The lowest BCUT2D eigenvalue weighted by Crippen LogP contribution is -2.01. The second-order valence-electron chi connectivity index (χ2n) is 5.62. The van der Waals surface area contributed by atoms with Crippen LogP contribution in [0, 0.1) is 0 Å². The molecule has 4 aromatic rings. The smallest absolute Gasteiger partial charge is 0.191 e. The fraction of sp³-hybridized carbons (Fsp3) is 0.158. The van der Waals surface area contributed by atoms with Crippen molar-refractivity contribution in [2.75, 3.05) is 12.4 Å². The molecule has 4 rings (SSSR count). The molecule has 126 valence electrons. The largest absolute Gasteiger partial charge is 0.493 e. The first-order valence-electron chi connectivity index (χ1n) is 8.09. The van der Waals surface area contributed by atoms with Crippen molar-refractivity contribution in [3.8, 4) is 17.1 Å². The minimum atomic E-state index is 0.629. The van der Waals surface area contributed by atoms with Crippen molar-refractivity contribution < 1.29 is 4.74 Å². The van der Waals surface area contributed by atoms with E-state index >= 15 is 0 Å². The first kappa shape index (κ1) is 15.8. The lowest BCUT2D eigenvalue weighted by Gasteiger charge is -2.06. The van der Waals surface area contributed by atoms with E-state index in [0.717, 1.165) is 38.9 Å². The number of aromatic nitrogens is 4. The average molecular weight is 350 g/mol. The third-order valence-electron chi connectivity index (χ3n) is 3.99. The fourth-order valence-corrected chi connectivity index (χ4v) is 3.47. The van der Waals surface area contributed by atoms with Gasteiger partial charge in [-0.2, -0.15) is 0 Å². The van der Waals surface area contributed by atoms with Gasteiger partial charge in [-0.25, -0.2) is 0 Å². The molecule has 0 amide bonds. The number of thioether (sulfide) groups is 1. The Morgan fingerprint density at radius 1 is 1.04 bits per heavy atom. The molecule has 0 spiro atoms. The number of benzene rings is 2. The maximum atomic E-state index is 5.72. The van der Waals surface area contributed by atoms with E-state index in [9.17, 15) is 0 Å². The number of nitrogens with zero attached hydrogens (tertiary/aromatic N) is 3. The van der Waals surface area contributed by atoms with E-state index in [-0.39, 0.29) is 0 Å². The highest BCUT2D eigenvalue weighted by atomic mass is 32.2. The maximum absolute atomic E-state index is 5.72. The summed E-state index contributed by atoms with van der Waals surface area (Å²) >= 11 is 1.64. The predicted octanol–water partition coefficient (Wildman–Crippen LogP) is 4.13. The number of fused-ring (bicyclic) bond motifs is 1. The zero-order chi connectivity index (χ0) is 17.1. The van der Waals surface area contributed by atoms with Gasteiger partial charge in [0.2, 0.25) is 0 Å². The molecule has 0 saturated carbocycles. The Bertz CT molecular complexity index is 977. The van der Waals surface area contributed by atoms with Crippen LogP contribution >= 0.6 is 11.8 Å². The quantitative estimate of drug-likeness (QED) is 0.419. The minimum Gasteiger partial charge on any atom is -0.493 e. The normalized spacial score (nSPS) is 11.1. The highest BCUT2D eigenvalue weighted by Gasteiger charge is 2.14. The molecule has 0 aliphatic rings. The number of rotatable bonds is 6. The highest BCUT2D eigenvalue weighted by Crippen LogP contribution is 2.29. The second kappa shape index (κ2) is 7.03. The summed E-state index contributed by atoms with van der Waals surface area (Å²) in [6, 6.07) is 18.1. The molecule has 0 unspecified atom stereocenters. The van der Waals surface area contributed by atoms with Crippen molar-refractivity contribution in [2.45, 2.75) is 5.16 Å². The first-order chi connectivity index (χ1) is 12.3. The molecule has 0 atom stereocenters. The van der Waals surface area contributed by atoms with Crippen LogP contribution in [0.25, 0.3) is 22.3 Å². The summed E-state index contributed by atoms with van der Waals surface area (Å²) in [5.41, 5.74) is 2.17. The topological polar surface area (TPSA) is 55.7 Å². The molecule has 2 heterocycles. The summed E-state index contributed by atoms with van der Waals surface area (Å²) < 4.78 is 7.75. The van der Waals surface area contributed by atoms with Gasteiger partial charge in [0.1, 0.15) is 5.75 Å². The van der Waals surface area contributed by atoms with Gasteiger partial charge in [0.15, 0.2) is 11.0 Å². The molecule has 0 aliphatic carbocycles. The molecule has 2 aromatic carbocycles. The zero-order valence-electron chi connectivity index (χ0n) is 13.8. The third kappa shape index (κ3) is 3.25. The maximum Gasteiger partial charge on any atom is 0.191 e. The van der Waals surface area contributed by atoms with Gasteiger partial charge in [-0.1, -0.05) is 48.2 Å². The van der Waals surface area contributed by atoms with Crippen LogP contribution in [0.3, 0.4) is 0 Å². The summed E-state index contributed by atoms with van der Waals surface area (Å²) in [6.45, 7) is 0.629. The number of ether oxygens (including phenoxy) is 1. The van der Waals surface area contributed by atoms with Crippen molar-refractivity contribution >= 4 is 22.7 Å². The van der Waals surface area contributed by atoms with Gasteiger partial charge < -0.3 is 14.3 Å². The number of para-hydroxylation sites is 2. The molecule has 1 N–H and O–H groups in total. The summed E-state index contributed by atoms with van der Waals surface area (Å²) in [4.78, 5) is 3.29. The molecule has 0 bridgehead atoms. The van der Waals surface area contributed by atoms with Crippen LogP contribution in [-0.4, -0.2) is 32.1 Å². The predicted molar refractivity (Wildman–Crippen MR) is 101 cm³/mol. The zero-order valence-corrected chi connectivity index (χ0v) is 14.7. The van der Waals surface area contributed by atoms with Gasteiger partial charge in [0.25, 0.3) is 0 Å². The van der Waals surface area contributed by atoms with E-state index in [1.165, 1.54) is 0 Å². The van der Waals surface area contributed by atoms with Crippen LogP contribution in [0.15, 0.2) is 66.0 Å². The van der Waals surface area contributed by atoms with Crippen LogP contribution in [0.4, 0.5) is 0 Å². The van der Waals surface area contributed by atoms with Gasteiger partial charge in [0.05, 0.1) is 6.61 Å². The second-order valence-corrected chi connectivity index (χ2v) is 6.69. The molecule has 0 fully saturated rings. The van der Waals surface area contributed by atoms with Crippen LogP contribution < -0.4 is 4.74 Å². The Labute approximate surface area is 150 Å². The van der Waals surface area contributed by atoms with E-state index in [1.54, 1.807) is 11.8 Å². The SMILES string of the molecule is Cn1c(SCCOc2ccccc2)nnc1-c1c[nH]c2ccccc12. The number of aromatic amines is 1. The molecular weight excluding hydrogens is 332 g/mol. The van der Waals surface area contributed by atoms with Crippen LogP contribution in [0.1, 0.15) is 0 Å². The van der Waals surface area contributed by atoms with E-state index in [0.29, 0.717) is 6.61 Å². The van der Waals surface area contributed by atoms with Crippen LogP contribution in [0.5, 0.6) is 5.75 Å². The standard InChI is InChI=1S/C19H18N4OS/c1-23-18(16-13-20-17-10-6-5-9-15(16)17)21-22-19(23)25-12-11-24-14-7-3-2-4-8-14/h2-10,13,20H,11-12H2,1H3. The molecule has 6 heteroatoms. The molecule has 0 saturated heterocycles. The molecule has 2 aromatic heterocycles. The van der Waals surface area contributed by atoms with Gasteiger partial charge >= 0.3 is 0 Å². The highest BCUT2D eigenvalue weighted by molar-refractivity contribution is 7.99. The number of H-pyrrole nitrogens is 1. The summed E-state index contributed by atoms with van der Waals surface area (Å²) in [5.74, 6) is 2.57. The van der Waals surface area contributed by atoms with Crippen molar-refractivity contribution in [3.63, 3.8) is 0 Å². The lowest BCUT2D eigenvalue weighted by molar-refractivity contribution is 0.344. The number of hydrogen-bond acceptors (Lipinski definition) is 4. The molecular formula is C19H18N4OS. The summed E-state index contributed by atoms with van der Waals surface area (Å²) in [7, 11) is 2.00. The van der Waals surface area contributed by atoms with Crippen molar-refractivity contribution in [2.24, 2.45) is 7.05 Å². The van der Waals surface area contributed by atoms with Gasteiger partial charge in [-0.05, 0) is 18.2 Å². The third-order valence-corrected chi connectivity index (χ3v) is 4.98. The Balaban J connectivity index is 1.44. The van der Waals surface area contributed by atoms with Crippen LogP contribution in [-0.2, 0) is 7.05 Å². The summed E-state index contributed by atoms with van der Waals surface area (Å²) in [6.07, 6.45) is 1.99. The molecule has 0 radical (unpaired) electrons. The van der Waals surface area contributed by atoms with E-state index < -0.39 is 0 Å². The fourth-order valence-electron chi connectivity index (χ4n) is 2.74. The molecule has 25 heavy (non-hydrogen) atoms. The first-order valence-corrected chi connectivity index (χ1v) is 9.08. The van der Waals surface area contributed by atoms with E-state index in [1.807, 2.05) is 60.3 Å². The molecule has 5 nitrogen and oxygen atoms in total. The number of hydrogen-bond donors (Lipinski definition) is 1. The van der Waals surface area contributed by atoms with Gasteiger partial charge in [0, 0.05) is 35.5 Å². The van der Waals surface area contributed by atoms with Crippen LogP contribution in [0.2, 0.25) is 0 Å². The Morgan fingerprint density at radius 2 is 1.84 bits per heavy atom. The number of nitrogens with one attached hydrogen (secondary N) is 1. The van der Waals surface area contributed by atoms with Crippen molar-refractivity contribution in [1.29, 1.82) is 0 Å². The lowest BCUT2D eigenvalue weighted by atomic mass is 10.1. The molecule has 0 aliphatic heterocycles. The van der Waals surface area contributed by atoms with Gasteiger partial charge in [-0.15, -0.1) is 10.2 Å². The summed E-state index contributed by atoms with van der Waals surface area (Å²) in [5, 5.41) is 10.7. The monoisotopic (exact) mass is 350 g/mol. The Morgan fingerprint density at radius 3 is 2.72 bits per heavy atom. The van der Waals surface area contributed by atoms with E-state index in [4.69, 9.17) is 4.74 Å². The van der Waals surface area contributed by atoms with Crippen molar-refractivity contribution in [3.05, 3.63) is 60.8 Å². The Hall–Kier alpha value is -2.73. The van der Waals surface area contributed by atoms with Crippen molar-refractivity contribution in [1.82, 2.24) is 19.7 Å². The minimum absolute atomic E-state index is 0.629.